The summed E-state index contributed by atoms with van der Waals surface area (Å²) in [6.07, 6.45) is -5.08. The standard InChI is InChI=1S/C16H25F3N4O3/c1-15(2,3)11-9-10(25-13(20)24)6-8-23(11)14-22-21-12(26-14)5-4-7-16(17,18)19/h10-11H,4-9H2,1-3H3,(H2,20,24). The molecule has 7 nitrogen and oxygen atoms in total. The van der Waals surface area contributed by atoms with Crippen molar-refractivity contribution in [1.29, 1.82) is 0 Å². The molecule has 2 atom stereocenters. The molecule has 1 saturated heterocycles. The average molecular weight is 378 g/mol. The maximum Gasteiger partial charge on any atom is 0.404 e. The number of aryl methyl sites for hydroxylation is 1. The maximum absolute atomic E-state index is 12.2. The van der Waals surface area contributed by atoms with E-state index in [0.717, 1.165) is 0 Å². The Labute approximate surface area is 150 Å². The third kappa shape index (κ3) is 5.77. The van der Waals surface area contributed by atoms with Crippen molar-refractivity contribution in [1.82, 2.24) is 10.2 Å². The summed E-state index contributed by atoms with van der Waals surface area (Å²) in [5.41, 5.74) is 4.93. The number of piperidine rings is 1. The number of aromatic nitrogens is 2. The average Bonchev–Trinajstić information content (AvgIpc) is 2.93. The van der Waals surface area contributed by atoms with Crippen molar-refractivity contribution in [2.75, 3.05) is 11.4 Å². The molecular formula is C16H25F3N4O3. The zero-order valence-corrected chi connectivity index (χ0v) is 15.2. The van der Waals surface area contributed by atoms with Crippen molar-refractivity contribution in [2.24, 2.45) is 11.1 Å². The van der Waals surface area contributed by atoms with Gasteiger partial charge in [0.1, 0.15) is 6.10 Å². The number of carbonyl (C=O) groups is 1. The minimum atomic E-state index is -4.19. The number of amides is 1. The summed E-state index contributed by atoms with van der Waals surface area (Å²) in [4.78, 5) is 12.9. The van der Waals surface area contributed by atoms with Crippen LogP contribution in [0.4, 0.5) is 24.0 Å². The van der Waals surface area contributed by atoms with Crippen LogP contribution in [0.5, 0.6) is 0 Å². The molecule has 0 spiro atoms. The number of anilines is 1. The van der Waals surface area contributed by atoms with Crippen molar-refractivity contribution in [3.05, 3.63) is 5.89 Å². The van der Waals surface area contributed by atoms with Crippen LogP contribution in [0.3, 0.4) is 0 Å². The number of nitrogens with zero attached hydrogens (tertiary/aromatic N) is 3. The number of rotatable bonds is 5. The molecule has 1 aliphatic rings. The zero-order chi connectivity index (χ0) is 19.5. The van der Waals surface area contributed by atoms with E-state index in [1.54, 1.807) is 0 Å². The highest BCUT2D eigenvalue weighted by Gasteiger charge is 2.39. The van der Waals surface area contributed by atoms with Crippen molar-refractivity contribution in [3.63, 3.8) is 0 Å². The van der Waals surface area contributed by atoms with Gasteiger partial charge in [-0.2, -0.15) is 13.2 Å². The van der Waals surface area contributed by atoms with Gasteiger partial charge in [0.15, 0.2) is 0 Å². The van der Waals surface area contributed by atoms with Gasteiger partial charge in [-0.1, -0.05) is 25.9 Å². The van der Waals surface area contributed by atoms with Crippen molar-refractivity contribution >= 4 is 12.1 Å². The molecule has 1 aromatic heterocycles. The van der Waals surface area contributed by atoms with E-state index in [-0.39, 0.29) is 42.3 Å². The summed E-state index contributed by atoms with van der Waals surface area (Å²) in [5, 5.41) is 7.86. The number of halogens is 3. The maximum atomic E-state index is 12.2. The monoisotopic (exact) mass is 378 g/mol. The molecule has 0 bridgehead atoms. The van der Waals surface area contributed by atoms with E-state index in [1.807, 2.05) is 25.7 Å². The Morgan fingerprint density at radius 1 is 1.35 bits per heavy atom. The Morgan fingerprint density at radius 2 is 2.04 bits per heavy atom. The number of primary amides is 1. The van der Waals surface area contributed by atoms with Crippen LogP contribution in [0.15, 0.2) is 4.42 Å². The molecule has 2 unspecified atom stereocenters. The van der Waals surface area contributed by atoms with E-state index in [9.17, 15) is 18.0 Å². The van der Waals surface area contributed by atoms with Crippen LogP contribution < -0.4 is 10.6 Å². The van der Waals surface area contributed by atoms with Gasteiger partial charge < -0.3 is 19.8 Å². The molecule has 2 heterocycles. The van der Waals surface area contributed by atoms with Gasteiger partial charge in [0, 0.05) is 38.3 Å². The third-order valence-electron chi connectivity index (χ3n) is 4.39. The van der Waals surface area contributed by atoms with Crippen LogP contribution >= 0.6 is 0 Å². The van der Waals surface area contributed by atoms with Crippen molar-refractivity contribution in [3.8, 4) is 0 Å². The highest BCUT2D eigenvalue weighted by atomic mass is 19.4. The first-order valence-corrected chi connectivity index (χ1v) is 8.57. The molecule has 1 aromatic rings. The van der Waals surface area contributed by atoms with Crippen LogP contribution in [0.1, 0.15) is 52.3 Å². The second kappa shape index (κ2) is 7.71. The fourth-order valence-electron chi connectivity index (χ4n) is 3.16. The van der Waals surface area contributed by atoms with Crippen molar-refractivity contribution < 1.29 is 27.1 Å². The molecule has 10 heteroatoms. The molecule has 1 fully saturated rings. The molecule has 1 amide bonds. The van der Waals surface area contributed by atoms with Crippen molar-refractivity contribution in [2.45, 2.75) is 71.2 Å². The lowest BCUT2D eigenvalue weighted by Crippen LogP contribution is -2.52. The molecule has 2 N–H and O–H groups in total. The lowest BCUT2D eigenvalue weighted by Gasteiger charge is -2.44. The fourth-order valence-corrected chi connectivity index (χ4v) is 3.16. The SMILES string of the molecule is CC(C)(C)C1CC(OC(N)=O)CCN1c1nnc(CCCC(F)(F)F)o1. The Bertz CT molecular complexity index is 613. The topological polar surface area (TPSA) is 94.5 Å². The van der Waals surface area contributed by atoms with Crippen LogP contribution in [-0.4, -0.2) is 41.2 Å². The first-order valence-electron chi connectivity index (χ1n) is 8.57. The molecule has 2 rings (SSSR count). The number of hydrogen-bond acceptors (Lipinski definition) is 6. The van der Waals surface area contributed by atoms with E-state index in [1.165, 1.54) is 0 Å². The lowest BCUT2D eigenvalue weighted by atomic mass is 9.80. The predicted molar refractivity (Wildman–Crippen MR) is 87.6 cm³/mol. The first kappa shape index (κ1) is 20.3. The van der Waals surface area contributed by atoms with E-state index in [2.05, 4.69) is 10.2 Å². The van der Waals surface area contributed by atoms with Gasteiger partial charge >= 0.3 is 18.3 Å². The lowest BCUT2D eigenvalue weighted by molar-refractivity contribution is -0.135. The summed E-state index contributed by atoms with van der Waals surface area (Å²) in [6.45, 7) is 6.64. The minimum Gasteiger partial charge on any atom is -0.446 e. The number of nitrogens with two attached hydrogens (primary N) is 1. The molecule has 0 aliphatic carbocycles. The summed E-state index contributed by atoms with van der Waals surface area (Å²) in [5.74, 6) is 0.187. The number of alkyl halides is 3. The number of carbonyl (C=O) groups excluding carboxylic acids is 1. The molecule has 0 radical (unpaired) electrons. The Kier molecular flexibility index (Phi) is 6.02. The van der Waals surface area contributed by atoms with Gasteiger partial charge in [-0.3, -0.25) is 0 Å². The van der Waals surface area contributed by atoms with Gasteiger partial charge in [-0.25, -0.2) is 4.79 Å². The highest BCUT2D eigenvalue weighted by molar-refractivity contribution is 5.64. The van der Waals surface area contributed by atoms with Crippen LogP contribution in [0, 0.1) is 5.41 Å². The third-order valence-corrected chi connectivity index (χ3v) is 4.39. The Balaban J connectivity index is 2.05. The quantitative estimate of drug-likeness (QED) is 0.843. The molecular weight excluding hydrogens is 353 g/mol. The first-order chi connectivity index (χ1) is 12.0. The smallest absolute Gasteiger partial charge is 0.404 e. The highest BCUT2D eigenvalue weighted by Crippen LogP contribution is 2.35. The van der Waals surface area contributed by atoms with Gasteiger partial charge in [0.05, 0.1) is 0 Å². The molecule has 1 aliphatic heterocycles. The summed E-state index contributed by atoms with van der Waals surface area (Å²) in [6, 6.07) is 0.230. The van der Waals surface area contributed by atoms with E-state index in [4.69, 9.17) is 14.9 Å². The Morgan fingerprint density at radius 3 is 2.62 bits per heavy atom. The van der Waals surface area contributed by atoms with Gasteiger partial charge in [0.2, 0.25) is 5.89 Å². The summed E-state index contributed by atoms with van der Waals surface area (Å²) < 4.78 is 47.4. The second-order valence-electron chi connectivity index (χ2n) is 7.61. The molecule has 148 valence electrons. The Hall–Kier alpha value is -2.00. The van der Waals surface area contributed by atoms with Crippen LogP contribution in [0.2, 0.25) is 0 Å². The normalized spacial score (nSPS) is 21.7. The van der Waals surface area contributed by atoms with Crippen LogP contribution in [-0.2, 0) is 11.2 Å². The van der Waals surface area contributed by atoms with Gasteiger partial charge in [-0.05, 0) is 11.8 Å². The van der Waals surface area contributed by atoms with E-state index < -0.39 is 18.7 Å². The number of hydrogen-bond donors (Lipinski definition) is 1. The molecule has 26 heavy (non-hydrogen) atoms. The molecule has 0 saturated carbocycles. The van der Waals surface area contributed by atoms with Gasteiger partial charge in [-0.15, -0.1) is 5.10 Å². The fraction of sp³-hybridized carbons (Fsp3) is 0.812. The van der Waals surface area contributed by atoms with Gasteiger partial charge in [0.25, 0.3) is 0 Å². The largest absolute Gasteiger partial charge is 0.446 e. The molecule has 0 aromatic carbocycles. The van der Waals surface area contributed by atoms with E-state index >= 15 is 0 Å². The second-order valence-corrected chi connectivity index (χ2v) is 7.61. The zero-order valence-electron chi connectivity index (χ0n) is 15.2. The van der Waals surface area contributed by atoms with E-state index in [0.29, 0.717) is 19.4 Å². The van der Waals surface area contributed by atoms with Crippen LogP contribution in [0.25, 0.3) is 0 Å². The summed E-state index contributed by atoms with van der Waals surface area (Å²) >= 11 is 0. The minimum absolute atomic E-state index is 0.0518. The summed E-state index contributed by atoms with van der Waals surface area (Å²) in [7, 11) is 0. The predicted octanol–water partition coefficient (Wildman–Crippen LogP) is 3.43. The number of ether oxygens (including phenoxy) is 1.